The summed E-state index contributed by atoms with van der Waals surface area (Å²) in [7, 11) is 1.67. The number of aromatic nitrogens is 2. The number of rotatable bonds is 2. The number of methoxy groups -OCH3 is 1. The lowest BCUT2D eigenvalue weighted by atomic mass is 9.95. The summed E-state index contributed by atoms with van der Waals surface area (Å²) in [5.74, 6) is 0. The number of nitrogens with zero attached hydrogens (tertiary/aromatic N) is 2. The molecule has 1 saturated carbocycles. The van der Waals surface area contributed by atoms with Crippen LogP contribution in [0.4, 0.5) is 0 Å². The molecular formula is C10H15BrN2O. The normalized spacial score (nSPS) is 18.4. The van der Waals surface area contributed by atoms with Gasteiger partial charge in [0.15, 0.2) is 0 Å². The van der Waals surface area contributed by atoms with Crippen LogP contribution in [0.25, 0.3) is 0 Å². The Morgan fingerprint density at radius 1 is 1.43 bits per heavy atom. The quantitative estimate of drug-likeness (QED) is 0.815. The van der Waals surface area contributed by atoms with E-state index >= 15 is 0 Å². The highest BCUT2D eigenvalue weighted by Gasteiger charge is 2.19. The van der Waals surface area contributed by atoms with Crippen LogP contribution in [0.3, 0.4) is 0 Å². The highest BCUT2D eigenvalue weighted by atomic mass is 79.9. The maximum absolute atomic E-state index is 5.24. The molecule has 1 heterocycles. The van der Waals surface area contributed by atoms with Crippen LogP contribution in [0, 0.1) is 0 Å². The molecule has 1 aromatic heterocycles. The molecule has 1 fully saturated rings. The molecule has 0 unspecified atom stereocenters. The fraction of sp³-hybridized carbons (Fsp3) is 0.700. The highest BCUT2D eigenvalue weighted by Crippen LogP contribution is 2.32. The van der Waals surface area contributed by atoms with Crippen LogP contribution in [0.5, 0.6) is 6.01 Å². The highest BCUT2D eigenvalue weighted by molar-refractivity contribution is 9.10. The van der Waals surface area contributed by atoms with E-state index in [0.29, 0.717) is 6.04 Å². The molecule has 0 bridgehead atoms. The second-order valence-corrected chi connectivity index (χ2v) is 4.56. The third-order valence-corrected chi connectivity index (χ3v) is 3.20. The van der Waals surface area contributed by atoms with E-state index < -0.39 is 0 Å². The van der Waals surface area contributed by atoms with Crippen molar-refractivity contribution < 1.29 is 4.74 Å². The molecule has 3 nitrogen and oxygen atoms in total. The van der Waals surface area contributed by atoms with E-state index in [1.165, 1.54) is 32.1 Å². The first-order valence-corrected chi connectivity index (χ1v) is 5.89. The van der Waals surface area contributed by atoms with Crippen LogP contribution in [-0.4, -0.2) is 16.7 Å². The lowest BCUT2D eigenvalue weighted by molar-refractivity contribution is 0.294. The van der Waals surface area contributed by atoms with Gasteiger partial charge < -0.3 is 4.74 Å². The Morgan fingerprint density at radius 3 is 2.79 bits per heavy atom. The van der Waals surface area contributed by atoms with Gasteiger partial charge in [-0.25, -0.2) is 0 Å². The van der Waals surface area contributed by atoms with Crippen LogP contribution < -0.4 is 4.74 Å². The molecule has 1 aliphatic rings. The number of ether oxygens (including phenoxy) is 1. The Labute approximate surface area is 92.6 Å². The van der Waals surface area contributed by atoms with Gasteiger partial charge in [-0.1, -0.05) is 19.3 Å². The standard InChI is InChI=1S/C10H15BrN2O/c1-14-10-12-9(11)7-13(10)8-5-3-2-4-6-8/h7-8H,2-6H2,1H3. The molecule has 0 aromatic carbocycles. The summed E-state index contributed by atoms with van der Waals surface area (Å²) in [6, 6.07) is 1.31. The van der Waals surface area contributed by atoms with Gasteiger partial charge in [0.2, 0.25) is 0 Å². The van der Waals surface area contributed by atoms with E-state index in [-0.39, 0.29) is 0 Å². The Balaban J connectivity index is 2.20. The van der Waals surface area contributed by atoms with Crippen molar-refractivity contribution in [3.05, 3.63) is 10.8 Å². The molecule has 0 atom stereocenters. The van der Waals surface area contributed by atoms with Crippen molar-refractivity contribution in [3.8, 4) is 6.01 Å². The van der Waals surface area contributed by atoms with Gasteiger partial charge >= 0.3 is 0 Å². The topological polar surface area (TPSA) is 27.1 Å². The van der Waals surface area contributed by atoms with Crippen molar-refractivity contribution in [2.45, 2.75) is 38.1 Å². The zero-order valence-corrected chi connectivity index (χ0v) is 9.96. The van der Waals surface area contributed by atoms with Crippen molar-refractivity contribution in [1.82, 2.24) is 9.55 Å². The second-order valence-electron chi connectivity index (χ2n) is 3.75. The molecule has 0 amide bonds. The first kappa shape index (κ1) is 10.0. The van der Waals surface area contributed by atoms with Crippen molar-refractivity contribution in [1.29, 1.82) is 0 Å². The maximum atomic E-state index is 5.24. The molecule has 4 heteroatoms. The minimum atomic E-state index is 0.581. The fourth-order valence-electron chi connectivity index (χ4n) is 2.12. The van der Waals surface area contributed by atoms with Gasteiger partial charge in [0.25, 0.3) is 6.01 Å². The number of halogens is 1. The molecule has 14 heavy (non-hydrogen) atoms. The monoisotopic (exact) mass is 258 g/mol. The Hall–Kier alpha value is -0.510. The Bertz CT molecular complexity index is 305. The van der Waals surface area contributed by atoms with Crippen molar-refractivity contribution in [2.24, 2.45) is 0 Å². The van der Waals surface area contributed by atoms with E-state index in [4.69, 9.17) is 4.74 Å². The lowest BCUT2D eigenvalue weighted by Crippen LogP contribution is -2.12. The van der Waals surface area contributed by atoms with E-state index in [2.05, 4.69) is 25.5 Å². The smallest absolute Gasteiger partial charge is 0.297 e. The molecule has 1 aliphatic carbocycles. The summed E-state index contributed by atoms with van der Waals surface area (Å²) < 4.78 is 8.26. The van der Waals surface area contributed by atoms with Crippen LogP contribution in [0.15, 0.2) is 10.8 Å². The Morgan fingerprint density at radius 2 is 2.14 bits per heavy atom. The summed E-state index contributed by atoms with van der Waals surface area (Å²) in [6.45, 7) is 0. The van der Waals surface area contributed by atoms with Crippen molar-refractivity contribution in [3.63, 3.8) is 0 Å². The van der Waals surface area contributed by atoms with Gasteiger partial charge in [-0.2, -0.15) is 4.98 Å². The first-order chi connectivity index (χ1) is 6.81. The largest absolute Gasteiger partial charge is 0.468 e. The third kappa shape index (κ3) is 1.95. The predicted octanol–water partition coefficient (Wildman–Crippen LogP) is 3.16. The minimum Gasteiger partial charge on any atom is -0.468 e. The van der Waals surface area contributed by atoms with Gasteiger partial charge in [0, 0.05) is 12.2 Å². The summed E-state index contributed by atoms with van der Waals surface area (Å²) in [6.07, 6.45) is 8.54. The van der Waals surface area contributed by atoms with Gasteiger partial charge in [-0.15, -0.1) is 0 Å². The summed E-state index contributed by atoms with van der Waals surface area (Å²) >= 11 is 3.38. The summed E-state index contributed by atoms with van der Waals surface area (Å²) in [5.41, 5.74) is 0. The Kier molecular flexibility index (Phi) is 3.11. The molecule has 2 rings (SSSR count). The first-order valence-electron chi connectivity index (χ1n) is 5.09. The van der Waals surface area contributed by atoms with Crippen LogP contribution >= 0.6 is 15.9 Å². The van der Waals surface area contributed by atoms with Crippen LogP contribution in [-0.2, 0) is 0 Å². The zero-order chi connectivity index (χ0) is 9.97. The minimum absolute atomic E-state index is 0.581. The fourth-order valence-corrected chi connectivity index (χ4v) is 2.49. The van der Waals surface area contributed by atoms with Gasteiger partial charge in [0.1, 0.15) is 4.60 Å². The molecule has 0 N–H and O–H groups in total. The third-order valence-electron chi connectivity index (χ3n) is 2.82. The molecule has 78 valence electrons. The average molecular weight is 259 g/mol. The summed E-state index contributed by atoms with van der Waals surface area (Å²) in [4.78, 5) is 4.26. The number of hydrogen-bond acceptors (Lipinski definition) is 2. The number of hydrogen-bond donors (Lipinski definition) is 0. The van der Waals surface area contributed by atoms with Crippen molar-refractivity contribution >= 4 is 15.9 Å². The molecule has 0 saturated heterocycles. The predicted molar refractivity (Wildman–Crippen MR) is 58.6 cm³/mol. The van der Waals surface area contributed by atoms with Gasteiger partial charge in [0.05, 0.1) is 7.11 Å². The zero-order valence-electron chi connectivity index (χ0n) is 8.37. The van der Waals surface area contributed by atoms with E-state index in [9.17, 15) is 0 Å². The van der Waals surface area contributed by atoms with Crippen LogP contribution in [0.1, 0.15) is 38.1 Å². The number of imidazole rings is 1. The maximum Gasteiger partial charge on any atom is 0.297 e. The average Bonchev–Trinajstić information content (AvgIpc) is 2.61. The van der Waals surface area contributed by atoms with E-state index in [1.807, 2.05) is 6.20 Å². The van der Waals surface area contributed by atoms with Crippen LogP contribution in [0.2, 0.25) is 0 Å². The molecule has 1 aromatic rings. The van der Waals surface area contributed by atoms with E-state index in [0.717, 1.165) is 10.6 Å². The lowest BCUT2D eigenvalue weighted by Gasteiger charge is -2.23. The van der Waals surface area contributed by atoms with Gasteiger partial charge in [-0.3, -0.25) is 4.57 Å². The van der Waals surface area contributed by atoms with Gasteiger partial charge in [-0.05, 0) is 28.8 Å². The second kappa shape index (κ2) is 4.34. The molecule has 0 radical (unpaired) electrons. The molecule has 0 spiro atoms. The van der Waals surface area contributed by atoms with Crippen molar-refractivity contribution in [2.75, 3.05) is 7.11 Å². The SMILES string of the molecule is COc1nc(Br)cn1C1CCCCC1. The molecule has 0 aliphatic heterocycles. The molecular weight excluding hydrogens is 244 g/mol. The summed E-state index contributed by atoms with van der Waals surface area (Å²) in [5, 5.41) is 0. The van der Waals surface area contributed by atoms with E-state index in [1.54, 1.807) is 7.11 Å².